The normalized spacial score (nSPS) is 15.5. The van der Waals surface area contributed by atoms with E-state index in [2.05, 4.69) is 12.1 Å². The fourth-order valence-electron chi connectivity index (χ4n) is 3.44. The summed E-state index contributed by atoms with van der Waals surface area (Å²) in [6.07, 6.45) is 0. The predicted octanol–water partition coefficient (Wildman–Crippen LogP) is 5.15. The highest BCUT2D eigenvalue weighted by Gasteiger charge is 2.32. The number of benzene rings is 3. The smallest absolute Gasteiger partial charge is 0.265 e. The average molecular weight is 404 g/mol. The van der Waals surface area contributed by atoms with Gasteiger partial charge in [0.25, 0.3) is 5.91 Å². The lowest BCUT2D eigenvalue weighted by Gasteiger charge is -2.37. The molecule has 0 saturated carbocycles. The van der Waals surface area contributed by atoms with E-state index >= 15 is 0 Å². The Labute approximate surface area is 174 Å². The van der Waals surface area contributed by atoms with E-state index < -0.39 is 0 Å². The van der Waals surface area contributed by atoms with Gasteiger partial charge in [-0.3, -0.25) is 14.5 Å². The summed E-state index contributed by atoms with van der Waals surface area (Å²) in [5.41, 5.74) is 2.57. The number of para-hydroxylation sites is 1. The van der Waals surface area contributed by atoms with Crippen LogP contribution in [0.3, 0.4) is 0 Å². The van der Waals surface area contributed by atoms with Crippen molar-refractivity contribution in [3.8, 4) is 5.75 Å². The third kappa shape index (κ3) is 4.20. The van der Waals surface area contributed by atoms with E-state index in [1.54, 1.807) is 36.0 Å². The summed E-state index contributed by atoms with van der Waals surface area (Å²) in [7, 11) is 0. The zero-order valence-corrected chi connectivity index (χ0v) is 16.9. The van der Waals surface area contributed by atoms with Gasteiger partial charge in [0.15, 0.2) is 12.4 Å². The molecule has 0 N–H and O–H groups in total. The number of carbonyl (C=O) groups is 2. The second-order valence-corrected chi connectivity index (χ2v) is 7.90. The van der Waals surface area contributed by atoms with Gasteiger partial charge in [0, 0.05) is 16.2 Å². The molecule has 0 radical (unpaired) electrons. The summed E-state index contributed by atoms with van der Waals surface area (Å²) in [6, 6.07) is 24.9. The number of rotatable bonds is 5. The highest BCUT2D eigenvalue weighted by molar-refractivity contribution is 7.99. The highest BCUT2D eigenvalue weighted by atomic mass is 32.2. The third-order valence-electron chi connectivity index (χ3n) is 4.89. The Balaban J connectivity index is 1.60. The minimum atomic E-state index is -0.111. The van der Waals surface area contributed by atoms with Gasteiger partial charge in [-0.1, -0.05) is 54.6 Å². The quantitative estimate of drug-likeness (QED) is 0.553. The van der Waals surface area contributed by atoms with Crippen molar-refractivity contribution >= 4 is 29.1 Å². The van der Waals surface area contributed by atoms with E-state index in [9.17, 15) is 9.59 Å². The maximum atomic E-state index is 13.3. The molecule has 4 nitrogen and oxygen atoms in total. The Morgan fingerprint density at radius 3 is 2.55 bits per heavy atom. The van der Waals surface area contributed by atoms with Crippen molar-refractivity contribution in [2.45, 2.75) is 17.9 Å². The zero-order chi connectivity index (χ0) is 20.2. The van der Waals surface area contributed by atoms with Gasteiger partial charge >= 0.3 is 0 Å². The summed E-state index contributed by atoms with van der Waals surface area (Å²) in [5.74, 6) is 1.15. The lowest BCUT2D eigenvalue weighted by Crippen LogP contribution is -2.41. The number of fused-ring (bicyclic) bond motifs is 1. The summed E-state index contributed by atoms with van der Waals surface area (Å²) >= 11 is 1.76. The zero-order valence-electron chi connectivity index (χ0n) is 16.1. The summed E-state index contributed by atoms with van der Waals surface area (Å²) in [5, 5.41) is 0. The molecule has 1 heterocycles. The van der Waals surface area contributed by atoms with Crippen molar-refractivity contribution < 1.29 is 14.3 Å². The molecule has 0 aliphatic carbocycles. The van der Waals surface area contributed by atoms with Crippen LogP contribution < -0.4 is 9.64 Å². The van der Waals surface area contributed by atoms with Gasteiger partial charge < -0.3 is 4.74 Å². The van der Waals surface area contributed by atoms with Crippen LogP contribution in [0, 0.1) is 0 Å². The number of nitrogens with zero attached hydrogens (tertiary/aromatic N) is 1. The van der Waals surface area contributed by atoms with Crippen LogP contribution in [0.4, 0.5) is 5.69 Å². The van der Waals surface area contributed by atoms with Gasteiger partial charge in [0.2, 0.25) is 0 Å². The molecule has 1 aliphatic rings. The lowest BCUT2D eigenvalue weighted by atomic mass is 10.1. The Morgan fingerprint density at radius 2 is 1.76 bits per heavy atom. The van der Waals surface area contributed by atoms with E-state index in [0.717, 1.165) is 21.9 Å². The molecule has 146 valence electrons. The molecule has 0 spiro atoms. The predicted molar refractivity (Wildman–Crippen MR) is 116 cm³/mol. The molecule has 29 heavy (non-hydrogen) atoms. The second kappa shape index (κ2) is 8.53. The molecule has 0 aromatic heterocycles. The van der Waals surface area contributed by atoms with Crippen LogP contribution in [-0.2, 0) is 4.79 Å². The van der Waals surface area contributed by atoms with Gasteiger partial charge in [0.1, 0.15) is 5.75 Å². The Hall–Kier alpha value is -3.05. The first-order chi connectivity index (χ1) is 14.1. The van der Waals surface area contributed by atoms with Crippen molar-refractivity contribution in [3.63, 3.8) is 0 Å². The molecule has 0 saturated heterocycles. The minimum absolute atomic E-state index is 0.0344. The van der Waals surface area contributed by atoms with Crippen molar-refractivity contribution in [3.05, 3.63) is 90.0 Å². The summed E-state index contributed by atoms with van der Waals surface area (Å²) in [6.45, 7) is 1.42. The maximum absolute atomic E-state index is 13.3. The standard InChI is InChI=1S/C24H21NO3S/c1-17(26)19-10-7-11-20(14-19)28-15-24(27)25-21-12-5-6-13-23(21)29-16-22(25)18-8-3-2-4-9-18/h2-14,22H,15-16H2,1H3/t22-/m1/s1. The number of hydrogen-bond acceptors (Lipinski definition) is 4. The van der Waals surface area contributed by atoms with E-state index in [0.29, 0.717) is 11.3 Å². The van der Waals surface area contributed by atoms with Crippen LogP contribution in [0.15, 0.2) is 83.8 Å². The molecule has 1 atom stereocenters. The first-order valence-electron chi connectivity index (χ1n) is 9.46. The van der Waals surface area contributed by atoms with Gasteiger partial charge in [-0.15, -0.1) is 11.8 Å². The number of ether oxygens (including phenoxy) is 1. The van der Waals surface area contributed by atoms with Crippen LogP contribution in [0.2, 0.25) is 0 Å². The molecule has 3 aromatic rings. The molecule has 1 amide bonds. The molecule has 0 fully saturated rings. The SMILES string of the molecule is CC(=O)c1cccc(OCC(=O)N2c3ccccc3SC[C@@H]2c2ccccc2)c1. The fourth-order valence-corrected chi connectivity index (χ4v) is 4.61. The highest BCUT2D eigenvalue weighted by Crippen LogP contribution is 2.43. The first kappa shape index (κ1) is 19.3. The van der Waals surface area contributed by atoms with Crippen LogP contribution >= 0.6 is 11.8 Å². The Bertz CT molecular complexity index is 1040. The molecule has 3 aromatic carbocycles. The largest absolute Gasteiger partial charge is 0.484 e. The van der Waals surface area contributed by atoms with Crippen molar-refractivity contribution in [1.82, 2.24) is 0 Å². The van der Waals surface area contributed by atoms with Crippen LogP contribution in [0.1, 0.15) is 28.9 Å². The van der Waals surface area contributed by atoms with Crippen LogP contribution in [0.25, 0.3) is 0 Å². The minimum Gasteiger partial charge on any atom is -0.484 e. The van der Waals surface area contributed by atoms with E-state index in [1.807, 2.05) is 47.4 Å². The molecular weight excluding hydrogens is 382 g/mol. The molecule has 1 aliphatic heterocycles. The van der Waals surface area contributed by atoms with Crippen molar-refractivity contribution in [1.29, 1.82) is 0 Å². The lowest BCUT2D eigenvalue weighted by molar-refractivity contribution is -0.121. The number of Topliss-reactive ketones (excluding diaryl/α,β-unsaturated/α-hetero) is 1. The number of hydrogen-bond donors (Lipinski definition) is 0. The number of anilines is 1. The number of carbonyl (C=O) groups excluding carboxylic acids is 2. The van der Waals surface area contributed by atoms with Crippen LogP contribution in [-0.4, -0.2) is 24.1 Å². The monoisotopic (exact) mass is 403 g/mol. The summed E-state index contributed by atoms with van der Waals surface area (Å²) < 4.78 is 5.76. The summed E-state index contributed by atoms with van der Waals surface area (Å²) in [4.78, 5) is 27.8. The van der Waals surface area contributed by atoms with Gasteiger partial charge in [-0.05, 0) is 36.8 Å². The van der Waals surface area contributed by atoms with E-state index in [-0.39, 0.29) is 24.3 Å². The number of ketones is 1. The van der Waals surface area contributed by atoms with Crippen molar-refractivity contribution in [2.75, 3.05) is 17.3 Å². The third-order valence-corrected chi connectivity index (χ3v) is 6.03. The second-order valence-electron chi connectivity index (χ2n) is 6.84. The molecular formula is C24H21NO3S. The average Bonchev–Trinajstić information content (AvgIpc) is 2.77. The van der Waals surface area contributed by atoms with Gasteiger partial charge in [-0.2, -0.15) is 0 Å². The molecule has 4 rings (SSSR count). The maximum Gasteiger partial charge on any atom is 0.265 e. The van der Waals surface area contributed by atoms with Gasteiger partial charge in [-0.25, -0.2) is 0 Å². The Kier molecular flexibility index (Phi) is 5.67. The van der Waals surface area contributed by atoms with Crippen molar-refractivity contribution in [2.24, 2.45) is 0 Å². The molecule has 5 heteroatoms. The molecule has 0 unspecified atom stereocenters. The fraction of sp³-hybridized carbons (Fsp3) is 0.167. The number of amides is 1. The topological polar surface area (TPSA) is 46.6 Å². The number of thioether (sulfide) groups is 1. The molecule has 0 bridgehead atoms. The van der Waals surface area contributed by atoms with Gasteiger partial charge in [0.05, 0.1) is 11.7 Å². The Morgan fingerprint density at radius 1 is 1.00 bits per heavy atom. The van der Waals surface area contributed by atoms with E-state index in [1.165, 1.54) is 6.92 Å². The van der Waals surface area contributed by atoms with E-state index in [4.69, 9.17) is 4.74 Å². The first-order valence-corrected chi connectivity index (χ1v) is 10.4. The van der Waals surface area contributed by atoms with Crippen LogP contribution in [0.5, 0.6) is 5.75 Å².